The maximum absolute atomic E-state index is 11.0. The minimum Gasteiger partial charge on any atom is -0.481 e. The van der Waals surface area contributed by atoms with Gasteiger partial charge >= 0.3 is 11.9 Å². The lowest BCUT2D eigenvalue weighted by Crippen LogP contribution is -2.39. The van der Waals surface area contributed by atoms with Crippen LogP contribution in [0.1, 0.15) is 6.92 Å². The molecule has 0 bridgehead atoms. The first-order chi connectivity index (χ1) is 7.02. The third-order valence-electron chi connectivity index (χ3n) is 3.40. The van der Waals surface area contributed by atoms with Crippen molar-refractivity contribution in [2.75, 3.05) is 6.54 Å². The average molecular weight is 211 g/mol. The topological polar surface area (TPSA) is 86.6 Å². The van der Waals surface area contributed by atoms with E-state index in [0.717, 1.165) is 5.57 Å². The van der Waals surface area contributed by atoms with Crippen molar-refractivity contribution in [1.82, 2.24) is 5.32 Å². The third kappa shape index (κ3) is 1.43. The molecule has 1 heterocycles. The highest BCUT2D eigenvalue weighted by Crippen LogP contribution is 2.41. The van der Waals surface area contributed by atoms with Gasteiger partial charge in [-0.05, 0) is 12.8 Å². The first-order valence-corrected chi connectivity index (χ1v) is 4.89. The number of fused-ring (bicyclic) bond motifs is 1. The molecule has 5 nitrogen and oxygen atoms in total. The van der Waals surface area contributed by atoms with Crippen molar-refractivity contribution in [2.45, 2.75) is 13.0 Å². The van der Waals surface area contributed by atoms with Gasteiger partial charge in [0.05, 0.1) is 5.92 Å². The van der Waals surface area contributed by atoms with Gasteiger partial charge in [-0.3, -0.25) is 9.59 Å². The number of rotatable bonds is 2. The second-order valence-electron chi connectivity index (χ2n) is 4.18. The van der Waals surface area contributed by atoms with Gasteiger partial charge in [-0.1, -0.05) is 11.6 Å². The highest BCUT2D eigenvalue weighted by atomic mass is 16.4. The first kappa shape index (κ1) is 10.2. The third-order valence-corrected chi connectivity index (χ3v) is 3.40. The summed E-state index contributed by atoms with van der Waals surface area (Å²) in [6.45, 7) is 2.43. The number of hydrogen-bond donors (Lipinski definition) is 3. The highest BCUT2D eigenvalue weighted by molar-refractivity contribution is 5.79. The van der Waals surface area contributed by atoms with E-state index in [2.05, 4.69) is 5.32 Å². The summed E-state index contributed by atoms with van der Waals surface area (Å²) >= 11 is 0. The molecule has 1 aliphatic heterocycles. The molecular weight excluding hydrogens is 198 g/mol. The van der Waals surface area contributed by atoms with Gasteiger partial charge in [0.2, 0.25) is 0 Å². The monoisotopic (exact) mass is 211 g/mol. The summed E-state index contributed by atoms with van der Waals surface area (Å²) in [6.07, 6.45) is 1.69. The fourth-order valence-corrected chi connectivity index (χ4v) is 2.69. The molecule has 2 rings (SSSR count). The Hall–Kier alpha value is -1.36. The van der Waals surface area contributed by atoms with Crippen molar-refractivity contribution in [3.63, 3.8) is 0 Å². The maximum Gasteiger partial charge on any atom is 0.321 e. The van der Waals surface area contributed by atoms with E-state index in [1.54, 1.807) is 6.08 Å². The number of aliphatic carboxylic acids is 2. The van der Waals surface area contributed by atoms with E-state index < -0.39 is 23.9 Å². The summed E-state index contributed by atoms with van der Waals surface area (Å²) in [5, 5.41) is 20.8. The Labute approximate surface area is 86.8 Å². The molecule has 5 heteroatoms. The molecule has 0 amide bonds. The van der Waals surface area contributed by atoms with Crippen LogP contribution in [0.2, 0.25) is 0 Å². The number of nitrogens with one attached hydrogen (secondary N) is 1. The van der Waals surface area contributed by atoms with E-state index in [9.17, 15) is 9.59 Å². The van der Waals surface area contributed by atoms with Crippen LogP contribution < -0.4 is 5.32 Å². The fraction of sp³-hybridized carbons (Fsp3) is 0.600. The molecule has 1 fully saturated rings. The lowest BCUT2D eigenvalue weighted by molar-refractivity contribution is -0.144. The molecule has 4 atom stereocenters. The molecule has 0 aromatic rings. The Balaban J connectivity index is 2.29. The van der Waals surface area contributed by atoms with Gasteiger partial charge in [0.15, 0.2) is 0 Å². The van der Waals surface area contributed by atoms with E-state index in [4.69, 9.17) is 10.2 Å². The molecule has 1 unspecified atom stereocenters. The molecule has 0 aromatic carbocycles. The van der Waals surface area contributed by atoms with Gasteiger partial charge < -0.3 is 15.5 Å². The average Bonchev–Trinajstić information content (AvgIpc) is 2.66. The largest absolute Gasteiger partial charge is 0.481 e. The molecule has 1 saturated heterocycles. The quantitative estimate of drug-likeness (QED) is 0.557. The van der Waals surface area contributed by atoms with Crippen LogP contribution in [-0.4, -0.2) is 34.7 Å². The van der Waals surface area contributed by atoms with Crippen molar-refractivity contribution in [3.8, 4) is 0 Å². The van der Waals surface area contributed by atoms with Gasteiger partial charge in [-0.15, -0.1) is 0 Å². The summed E-state index contributed by atoms with van der Waals surface area (Å²) in [5.41, 5.74) is 0.989. The van der Waals surface area contributed by atoms with Crippen molar-refractivity contribution in [3.05, 3.63) is 11.6 Å². The minimum absolute atomic E-state index is 0.0622. The number of carbonyl (C=O) groups is 2. The van der Waals surface area contributed by atoms with Gasteiger partial charge in [0.25, 0.3) is 0 Å². The van der Waals surface area contributed by atoms with Gasteiger partial charge in [0, 0.05) is 12.5 Å². The molecule has 82 valence electrons. The molecule has 2 aliphatic rings. The van der Waals surface area contributed by atoms with Crippen LogP contribution in [0.4, 0.5) is 0 Å². The molecular formula is C10H13NO4. The number of carboxylic acid groups (broad SMARTS) is 2. The van der Waals surface area contributed by atoms with Crippen LogP contribution >= 0.6 is 0 Å². The Kier molecular flexibility index (Phi) is 2.26. The SMILES string of the molecule is CC1=CC(C(=O)O)[C@H]2[C@@H]1CN[C@@H]2C(=O)O. The van der Waals surface area contributed by atoms with E-state index in [0.29, 0.717) is 6.54 Å². The summed E-state index contributed by atoms with van der Waals surface area (Å²) in [6, 6.07) is -0.732. The lowest BCUT2D eigenvalue weighted by atomic mass is 9.84. The molecule has 0 saturated carbocycles. The molecule has 3 N–H and O–H groups in total. The predicted octanol–water partition coefficient (Wildman–Crippen LogP) is -0.0641. The summed E-state index contributed by atoms with van der Waals surface area (Å²) in [4.78, 5) is 21.9. The van der Waals surface area contributed by atoms with Crippen LogP contribution in [0.3, 0.4) is 0 Å². The van der Waals surface area contributed by atoms with Crippen LogP contribution in [0, 0.1) is 17.8 Å². The zero-order valence-corrected chi connectivity index (χ0v) is 8.30. The zero-order valence-electron chi connectivity index (χ0n) is 8.30. The van der Waals surface area contributed by atoms with Gasteiger partial charge in [0.1, 0.15) is 6.04 Å². The van der Waals surface area contributed by atoms with Crippen molar-refractivity contribution >= 4 is 11.9 Å². The number of carboxylic acids is 2. The van der Waals surface area contributed by atoms with Crippen molar-refractivity contribution in [2.24, 2.45) is 17.8 Å². The second kappa shape index (κ2) is 3.34. The second-order valence-corrected chi connectivity index (χ2v) is 4.18. The van der Waals surface area contributed by atoms with E-state index in [1.165, 1.54) is 0 Å². The molecule has 1 aliphatic carbocycles. The van der Waals surface area contributed by atoms with Crippen LogP contribution in [-0.2, 0) is 9.59 Å². The van der Waals surface area contributed by atoms with Crippen LogP contribution in [0.25, 0.3) is 0 Å². The predicted molar refractivity (Wildman–Crippen MR) is 51.3 cm³/mol. The number of hydrogen-bond acceptors (Lipinski definition) is 3. The Morgan fingerprint density at radius 1 is 1.40 bits per heavy atom. The summed E-state index contributed by atoms with van der Waals surface area (Å²) < 4.78 is 0. The first-order valence-electron chi connectivity index (χ1n) is 4.89. The van der Waals surface area contributed by atoms with Crippen molar-refractivity contribution < 1.29 is 19.8 Å². The molecule has 0 spiro atoms. The van der Waals surface area contributed by atoms with Crippen LogP contribution in [0.15, 0.2) is 11.6 Å². The normalized spacial score (nSPS) is 38.6. The molecule has 0 radical (unpaired) electrons. The van der Waals surface area contributed by atoms with E-state index in [-0.39, 0.29) is 11.8 Å². The molecule has 15 heavy (non-hydrogen) atoms. The van der Waals surface area contributed by atoms with Gasteiger partial charge in [-0.25, -0.2) is 0 Å². The Morgan fingerprint density at radius 2 is 2.07 bits per heavy atom. The van der Waals surface area contributed by atoms with Gasteiger partial charge in [-0.2, -0.15) is 0 Å². The lowest BCUT2D eigenvalue weighted by Gasteiger charge is -2.19. The Bertz CT molecular complexity index is 349. The summed E-state index contributed by atoms with van der Waals surface area (Å²) in [7, 11) is 0. The highest BCUT2D eigenvalue weighted by Gasteiger charge is 2.50. The molecule has 0 aromatic heterocycles. The minimum atomic E-state index is -0.961. The maximum atomic E-state index is 11.0. The summed E-state index contributed by atoms with van der Waals surface area (Å²) in [5.74, 6) is -2.83. The smallest absolute Gasteiger partial charge is 0.321 e. The van der Waals surface area contributed by atoms with Crippen LogP contribution in [0.5, 0.6) is 0 Å². The zero-order chi connectivity index (χ0) is 11.2. The van der Waals surface area contributed by atoms with Crippen molar-refractivity contribution in [1.29, 1.82) is 0 Å². The fourth-order valence-electron chi connectivity index (χ4n) is 2.69. The van der Waals surface area contributed by atoms with E-state index >= 15 is 0 Å². The van der Waals surface area contributed by atoms with E-state index in [1.807, 2.05) is 6.92 Å². The Morgan fingerprint density at radius 3 is 2.60 bits per heavy atom. The standard InChI is InChI=1S/C10H13NO4/c1-4-2-5(9(12)13)7-6(4)3-11-8(7)10(14)15/h2,5-8,11H,3H2,1H3,(H,12,13)(H,14,15)/t5?,6-,7+,8+/m1/s1.